The van der Waals surface area contributed by atoms with Crippen molar-refractivity contribution in [3.8, 4) is 0 Å². The van der Waals surface area contributed by atoms with Crippen molar-refractivity contribution >= 4 is 17.3 Å². The third kappa shape index (κ3) is 4.55. The molecule has 4 N–H and O–H groups in total. The van der Waals surface area contributed by atoms with Gasteiger partial charge in [-0.25, -0.2) is 0 Å². The highest BCUT2D eigenvalue weighted by Gasteiger charge is 2.14. The van der Waals surface area contributed by atoms with E-state index in [0.717, 1.165) is 5.56 Å². The fourth-order valence-corrected chi connectivity index (χ4v) is 1.62. The maximum atomic E-state index is 10.8. The number of anilines is 1. The van der Waals surface area contributed by atoms with E-state index in [-0.39, 0.29) is 5.69 Å². The Kier molecular flexibility index (Phi) is 5.25. The Morgan fingerprint density at radius 2 is 2.26 bits per heavy atom. The van der Waals surface area contributed by atoms with Crippen molar-refractivity contribution in [2.75, 3.05) is 11.9 Å². The Morgan fingerprint density at radius 3 is 2.84 bits per heavy atom. The second kappa shape index (κ2) is 6.69. The zero-order chi connectivity index (χ0) is 14.4. The first-order chi connectivity index (χ1) is 8.91. The summed E-state index contributed by atoms with van der Waals surface area (Å²) in [5, 5.41) is 22.4. The van der Waals surface area contributed by atoms with Crippen LogP contribution in [0.2, 0.25) is 0 Å². The van der Waals surface area contributed by atoms with E-state index in [4.69, 9.17) is 10.8 Å². The number of hydrogen-bond donors (Lipinski definition) is 3. The Morgan fingerprint density at radius 1 is 1.58 bits per heavy atom. The molecule has 0 saturated carbocycles. The van der Waals surface area contributed by atoms with Gasteiger partial charge in [-0.2, -0.15) is 0 Å². The number of nitro benzene ring substituents is 1. The molecule has 0 aliphatic carbocycles. The Balaban J connectivity index is 2.55. The third-order valence-corrected chi connectivity index (χ3v) is 2.67. The number of aliphatic carboxylic acids is 1. The molecule has 0 saturated heterocycles. The maximum Gasteiger partial charge on any atom is 0.320 e. The smallest absolute Gasteiger partial charge is 0.320 e. The molecule has 0 radical (unpaired) electrons. The molecular formula is C12H17N3O4. The first-order valence-electron chi connectivity index (χ1n) is 5.89. The molecule has 1 rings (SSSR count). The average molecular weight is 267 g/mol. The summed E-state index contributed by atoms with van der Waals surface area (Å²) < 4.78 is 0. The predicted octanol–water partition coefficient (Wildman–Crippen LogP) is 1.51. The second-order valence-electron chi connectivity index (χ2n) is 4.29. The lowest BCUT2D eigenvalue weighted by molar-refractivity contribution is -0.384. The number of nitrogens with two attached hydrogens (primary N) is 1. The highest BCUT2D eigenvalue weighted by atomic mass is 16.6. The van der Waals surface area contributed by atoms with Crippen LogP contribution in [0.25, 0.3) is 0 Å². The van der Waals surface area contributed by atoms with E-state index in [1.807, 2.05) is 6.92 Å². The Labute approximate surface area is 110 Å². The molecule has 1 atom stereocenters. The van der Waals surface area contributed by atoms with Gasteiger partial charge in [0.1, 0.15) is 11.7 Å². The van der Waals surface area contributed by atoms with Crippen molar-refractivity contribution in [3.63, 3.8) is 0 Å². The lowest BCUT2D eigenvalue weighted by Gasteiger charge is -2.09. The van der Waals surface area contributed by atoms with Gasteiger partial charge in [0.25, 0.3) is 5.69 Å². The molecule has 0 aliphatic heterocycles. The van der Waals surface area contributed by atoms with Crippen LogP contribution in [0.15, 0.2) is 18.2 Å². The molecular weight excluding hydrogens is 250 g/mol. The third-order valence-electron chi connectivity index (χ3n) is 2.67. The summed E-state index contributed by atoms with van der Waals surface area (Å²) in [7, 11) is 0. The van der Waals surface area contributed by atoms with Gasteiger partial charge in [0.2, 0.25) is 0 Å². The molecule has 0 fully saturated rings. The molecule has 0 bridgehead atoms. The number of hydrogen-bond acceptors (Lipinski definition) is 5. The van der Waals surface area contributed by atoms with E-state index < -0.39 is 16.9 Å². The summed E-state index contributed by atoms with van der Waals surface area (Å²) in [6, 6.07) is 3.91. The summed E-state index contributed by atoms with van der Waals surface area (Å²) in [6.07, 6.45) is 0.848. The number of nitro groups is 1. The highest BCUT2D eigenvalue weighted by Crippen LogP contribution is 2.25. The van der Waals surface area contributed by atoms with Crippen molar-refractivity contribution in [3.05, 3.63) is 33.9 Å². The zero-order valence-corrected chi connectivity index (χ0v) is 10.6. The molecule has 0 unspecified atom stereocenters. The molecule has 0 amide bonds. The fraction of sp³-hybridized carbons (Fsp3) is 0.417. The van der Waals surface area contributed by atoms with E-state index in [0.29, 0.717) is 25.1 Å². The van der Waals surface area contributed by atoms with Gasteiger partial charge in [0, 0.05) is 12.6 Å². The highest BCUT2D eigenvalue weighted by molar-refractivity contribution is 5.73. The van der Waals surface area contributed by atoms with Gasteiger partial charge in [-0.1, -0.05) is 6.07 Å². The molecule has 0 aromatic heterocycles. The average Bonchev–Trinajstić information content (AvgIpc) is 2.33. The number of aryl methyl sites for hydroxylation is 1. The summed E-state index contributed by atoms with van der Waals surface area (Å²) >= 11 is 0. The number of carboxylic acid groups (broad SMARTS) is 1. The van der Waals surface area contributed by atoms with Crippen molar-refractivity contribution in [1.82, 2.24) is 0 Å². The fourth-order valence-electron chi connectivity index (χ4n) is 1.62. The topological polar surface area (TPSA) is 118 Å². The van der Waals surface area contributed by atoms with Crippen LogP contribution in [0.1, 0.15) is 18.4 Å². The van der Waals surface area contributed by atoms with Gasteiger partial charge in [-0.3, -0.25) is 14.9 Å². The molecule has 0 aliphatic rings. The van der Waals surface area contributed by atoms with Gasteiger partial charge in [0.05, 0.1) is 4.92 Å². The van der Waals surface area contributed by atoms with E-state index in [2.05, 4.69) is 5.32 Å². The van der Waals surface area contributed by atoms with Crippen molar-refractivity contribution in [2.45, 2.75) is 25.8 Å². The molecule has 1 aromatic carbocycles. The summed E-state index contributed by atoms with van der Waals surface area (Å²) in [5.41, 5.74) is 6.72. The van der Waals surface area contributed by atoms with Crippen LogP contribution >= 0.6 is 0 Å². The van der Waals surface area contributed by atoms with E-state index in [9.17, 15) is 14.9 Å². The summed E-state index contributed by atoms with van der Waals surface area (Å²) in [6.45, 7) is 2.28. The summed E-state index contributed by atoms with van der Waals surface area (Å²) in [5.74, 6) is -1.04. The lowest BCUT2D eigenvalue weighted by Crippen LogP contribution is -2.30. The van der Waals surface area contributed by atoms with Gasteiger partial charge >= 0.3 is 5.97 Å². The van der Waals surface area contributed by atoms with Crippen LogP contribution in [-0.2, 0) is 4.79 Å². The number of benzene rings is 1. The van der Waals surface area contributed by atoms with E-state index >= 15 is 0 Å². The first kappa shape index (κ1) is 14.9. The van der Waals surface area contributed by atoms with Gasteiger partial charge in [0.15, 0.2) is 0 Å². The van der Waals surface area contributed by atoms with E-state index in [1.165, 1.54) is 6.07 Å². The van der Waals surface area contributed by atoms with Gasteiger partial charge in [-0.05, 0) is 31.4 Å². The Hall–Kier alpha value is -2.15. The minimum absolute atomic E-state index is 0.00753. The van der Waals surface area contributed by atoms with Crippen LogP contribution in [-0.4, -0.2) is 28.6 Å². The van der Waals surface area contributed by atoms with Crippen molar-refractivity contribution in [1.29, 1.82) is 0 Å². The SMILES string of the molecule is Cc1ccc([N+](=O)[O-])c(NCCC[C@@H](N)C(=O)O)c1. The predicted molar refractivity (Wildman–Crippen MR) is 71.2 cm³/mol. The molecule has 19 heavy (non-hydrogen) atoms. The minimum Gasteiger partial charge on any atom is -0.480 e. The molecule has 104 valence electrons. The molecule has 1 aromatic rings. The van der Waals surface area contributed by atoms with Crippen molar-refractivity contribution < 1.29 is 14.8 Å². The number of nitrogens with zero attached hydrogens (tertiary/aromatic N) is 1. The normalized spacial score (nSPS) is 11.9. The standard InChI is InChI=1S/C12H17N3O4/c1-8-4-5-11(15(18)19)10(7-8)14-6-2-3-9(13)12(16)17/h4-5,7,9,14H,2-3,6,13H2,1H3,(H,16,17)/t9-/m1/s1. The van der Waals surface area contributed by atoms with Gasteiger partial charge < -0.3 is 16.2 Å². The van der Waals surface area contributed by atoms with Crippen LogP contribution in [0, 0.1) is 17.0 Å². The van der Waals surface area contributed by atoms with Crippen LogP contribution < -0.4 is 11.1 Å². The maximum absolute atomic E-state index is 10.8. The number of carboxylic acids is 1. The zero-order valence-electron chi connectivity index (χ0n) is 10.6. The van der Waals surface area contributed by atoms with E-state index in [1.54, 1.807) is 12.1 Å². The molecule has 0 spiro atoms. The summed E-state index contributed by atoms with van der Waals surface area (Å²) in [4.78, 5) is 20.9. The quantitative estimate of drug-likeness (QED) is 0.391. The minimum atomic E-state index is -1.04. The number of nitrogens with one attached hydrogen (secondary N) is 1. The number of rotatable bonds is 7. The number of carbonyl (C=O) groups is 1. The Bertz CT molecular complexity index is 476. The van der Waals surface area contributed by atoms with Gasteiger partial charge in [-0.15, -0.1) is 0 Å². The lowest BCUT2D eigenvalue weighted by atomic mass is 10.1. The molecule has 7 heteroatoms. The van der Waals surface area contributed by atoms with Crippen LogP contribution in [0.4, 0.5) is 11.4 Å². The van der Waals surface area contributed by atoms with Crippen LogP contribution in [0.3, 0.4) is 0 Å². The second-order valence-corrected chi connectivity index (χ2v) is 4.29. The molecule has 0 heterocycles. The largest absolute Gasteiger partial charge is 0.480 e. The van der Waals surface area contributed by atoms with Crippen LogP contribution in [0.5, 0.6) is 0 Å². The first-order valence-corrected chi connectivity index (χ1v) is 5.89. The van der Waals surface area contributed by atoms with Crippen molar-refractivity contribution in [2.24, 2.45) is 5.73 Å². The molecule has 7 nitrogen and oxygen atoms in total. The monoisotopic (exact) mass is 267 g/mol.